The van der Waals surface area contributed by atoms with Gasteiger partial charge in [0.05, 0.1) is 25.6 Å². The maximum Gasteiger partial charge on any atom is 0.306 e. The summed E-state index contributed by atoms with van der Waals surface area (Å²) in [6.45, 7) is 6.74. The van der Waals surface area contributed by atoms with E-state index in [1.807, 2.05) is 6.92 Å². The lowest BCUT2D eigenvalue weighted by Gasteiger charge is -2.13. The van der Waals surface area contributed by atoms with E-state index in [4.69, 9.17) is 9.47 Å². The average Bonchev–Trinajstić information content (AvgIpc) is 2.56. The first-order valence-corrected chi connectivity index (χ1v) is 9.95. The van der Waals surface area contributed by atoms with E-state index in [2.05, 4.69) is 13.8 Å². The van der Waals surface area contributed by atoms with Gasteiger partial charge in [0.1, 0.15) is 0 Å². The van der Waals surface area contributed by atoms with Crippen LogP contribution in [0.2, 0.25) is 0 Å². The van der Waals surface area contributed by atoms with Crippen LogP contribution in [0.15, 0.2) is 0 Å². The minimum absolute atomic E-state index is 0.0614. The van der Waals surface area contributed by atoms with Gasteiger partial charge in [0.15, 0.2) is 0 Å². The Morgan fingerprint density at radius 1 is 0.750 bits per heavy atom. The molecule has 0 saturated carbocycles. The van der Waals surface area contributed by atoms with E-state index in [0.29, 0.717) is 6.61 Å². The summed E-state index contributed by atoms with van der Waals surface area (Å²) in [5.74, 6) is -0.594. The van der Waals surface area contributed by atoms with E-state index in [1.165, 1.54) is 38.5 Å². The quantitative estimate of drug-likeness (QED) is 0.272. The predicted molar refractivity (Wildman–Crippen MR) is 97.9 cm³/mol. The molecule has 24 heavy (non-hydrogen) atoms. The number of hydrogen-bond acceptors (Lipinski definition) is 4. The summed E-state index contributed by atoms with van der Waals surface area (Å²) in [4.78, 5) is 23.3. The van der Waals surface area contributed by atoms with Crippen molar-refractivity contribution in [3.8, 4) is 0 Å². The number of carbonyl (C=O) groups is 2. The predicted octanol–water partition coefficient (Wildman–Crippen LogP) is 5.57. The molecule has 0 spiro atoms. The van der Waals surface area contributed by atoms with Gasteiger partial charge in [-0.3, -0.25) is 9.59 Å². The lowest BCUT2D eigenvalue weighted by atomic mass is 10.1. The Labute approximate surface area is 148 Å². The van der Waals surface area contributed by atoms with Gasteiger partial charge < -0.3 is 9.47 Å². The van der Waals surface area contributed by atoms with Gasteiger partial charge in [0.2, 0.25) is 0 Å². The highest BCUT2D eigenvalue weighted by molar-refractivity contribution is 5.77. The van der Waals surface area contributed by atoms with Gasteiger partial charge >= 0.3 is 11.9 Å². The zero-order chi connectivity index (χ0) is 18.0. The zero-order valence-corrected chi connectivity index (χ0v) is 16.1. The van der Waals surface area contributed by atoms with E-state index >= 15 is 0 Å². The highest BCUT2D eigenvalue weighted by atomic mass is 16.5. The molecule has 1 unspecified atom stereocenters. The number of ether oxygens (including phenoxy) is 2. The normalized spacial score (nSPS) is 12.0. The SMILES string of the molecule is CCCCCCCCC(C)OC(=O)CCC(=O)OCCCCCC. The third-order valence-corrected chi connectivity index (χ3v) is 4.09. The van der Waals surface area contributed by atoms with Crippen molar-refractivity contribution in [1.82, 2.24) is 0 Å². The standard InChI is InChI=1S/C20H38O4/c1-4-6-8-10-11-12-14-18(3)24-20(22)16-15-19(21)23-17-13-9-7-5-2/h18H,4-17H2,1-3H3. The van der Waals surface area contributed by atoms with Crippen LogP contribution in [0, 0.1) is 0 Å². The molecule has 0 bridgehead atoms. The van der Waals surface area contributed by atoms with E-state index in [0.717, 1.165) is 32.1 Å². The number of rotatable bonds is 16. The summed E-state index contributed by atoms with van der Waals surface area (Å²) in [6.07, 6.45) is 12.8. The highest BCUT2D eigenvalue weighted by Crippen LogP contribution is 2.11. The van der Waals surface area contributed by atoms with Crippen molar-refractivity contribution in [2.75, 3.05) is 6.61 Å². The van der Waals surface area contributed by atoms with E-state index in [-0.39, 0.29) is 30.9 Å². The molecule has 0 aliphatic carbocycles. The van der Waals surface area contributed by atoms with E-state index in [9.17, 15) is 9.59 Å². The molecule has 0 fully saturated rings. The van der Waals surface area contributed by atoms with Crippen molar-refractivity contribution in [2.45, 2.75) is 110 Å². The fourth-order valence-corrected chi connectivity index (χ4v) is 2.55. The Morgan fingerprint density at radius 2 is 1.29 bits per heavy atom. The molecule has 0 amide bonds. The number of hydrogen-bond donors (Lipinski definition) is 0. The topological polar surface area (TPSA) is 52.6 Å². The van der Waals surface area contributed by atoms with Crippen LogP contribution in [0.4, 0.5) is 0 Å². The minimum atomic E-state index is -0.299. The molecule has 4 heteroatoms. The Morgan fingerprint density at radius 3 is 1.96 bits per heavy atom. The second-order valence-electron chi connectivity index (χ2n) is 6.64. The molecule has 0 aliphatic heterocycles. The van der Waals surface area contributed by atoms with Gasteiger partial charge in [0, 0.05) is 0 Å². The maximum absolute atomic E-state index is 11.7. The summed E-state index contributed by atoms with van der Waals surface area (Å²) < 4.78 is 10.4. The molecule has 0 rings (SSSR count). The first kappa shape index (κ1) is 22.9. The highest BCUT2D eigenvalue weighted by Gasteiger charge is 2.12. The van der Waals surface area contributed by atoms with Crippen molar-refractivity contribution in [1.29, 1.82) is 0 Å². The molecule has 0 aromatic carbocycles. The Hall–Kier alpha value is -1.06. The first-order chi connectivity index (χ1) is 11.6. The van der Waals surface area contributed by atoms with Crippen LogP contribution in [0.1, 0.15) is 104 Å². The fourth-order valence-electron chi connectivity index (χ4n) is 2.55. The summed E-state index contributed by atoms with van der Waals surface area (Å²) >= 11 is 0. The molecule has 142 valence electrons. The number of carbonyl (C=O) groups excluding carboxylic acids is 2. The van der Waals surface area contributed by atoms with Crippen LogP contribution in [0.3, 0.4) is 0 Å². The van der Waals surface area contributed by atoms with Crippen LogP contribution in [0.25, 0.3) is 0 Å². The molecule has 0 N–H and O–H groups in total. The van der Waals surface area contributed by atoms with E-state index in [1.54, 1.807) is 0 Å². The monoisotopic (exact) mass is 342 g/mol. The maximum atomic E-state index is 11.7. The third-order valence-electron chi connectivity index (χ3n) is 4.09. The molecule has 0 aliphatic rings. The summed E-state index contributed by atoms with van der Waals surface area (Å²) in [7, 11) is 0. The van der Waals surface area contributed by atoms with Gasteiger partial charge in [0.25, 0.3) is 0 Å². The van der Waals surface area contributed by atoms with Crippen molar-refractivity contribution < 1.29 is 19.1 Å². The lowest BCUT2D eigenvalue weighted by Crippen LogP contribution is -2.16. The van der Waals surface area contributed by atoms with Crippen LogP contribution in [0.5, 0.6) is 0 Å². The van der Waals surface area contributed by atoms with Gasteiger partial charge in [-0.1, -0.05) is 65.2 Å². The van der Waals surface area contributed by atoms with Gasteiger partial charge in [-0.25, -0.2) is 0 Å². The van der Waals surface area contributed by atoms with Crippen LogP contribution >= 0.6 is 0 Å². The Kier molecular flexibility index (Phi) is 16.0. The third kappa shape index (κ3) is 15.8. The second-order valence-corrected chi connectivity index (χ2v) is 6.64. The summed E-state index contributed by atoms with van der Waals surface area (Å²) in [5.41, 5.74) is 0. The molecule has 4 nitrogen and oxygen atoms in total. The molecule has 0 heterocycles. The van der Waals surface area contributed by atoms with Gasteiger partial charge in [-0.15, -0.1) is 0 Å². The largest absolute Gasteiger partial charge is 0.466 e. The second kappa shape index (κ2) is 16.8. The first-order valence-electron chi connectivity index (χ1n) is 9.95. The van der Waals surface area contributed by atoms with Crippen LogP contribution in [-0.4, -0.2) is 24.6 Å². The van der Waals surface area contributed by atoms with Crippen LogP contribution < -0.4 is 0 Å². The fraction of sp³-hybridized carbons (Fsp3) is 0.900. The van der Waals surface area contributed by atoms with Crippen molar-refractivity contribution in [2.24, 2.45) is 0 Å². The summed E-state index contributed by atoms with van der Waals surface area (Å²) in [5, 5.41) is 0. The van der Waals surface area contributed by atoms with E-state index < -0.39 is 0 Å². The lowest BCUT2D eigenvalue weighted by molar-refractivity contribution is -0.153. The number of esters is 2. The average molecular weight is 343 g/mol. The number of unbranched alkanes of at least 4 members (excludes halogenated alkanes) is 8. The Bertz CT molecular complexity index is 315. The molecular formula is C20H38O4. The molecular weight excluding hydrogens is 304 g/mol. The van der Waals surface area contributed by atoms with Crippen LogP contribution in [-0.2, 0) is 19.1 Å². The van der Waals surface area contributed by atoms with Crippen molar-refractivity contribution in [3.05, 3.63) is 0 Å². The zero-order valence-electron chi connectivity index (χ0n) is 16.1. The van der Waals surface area contributed by atoms with Crippen molar-refractivity contribution in [3.63, 3.8) is 0 Å². The molecule has 1 atom stereocenters. The van der Waals surface area contributed by atoms with Gasteiger partial charge in [-0.05, 0) is 26.2 Å². The molecule has 0 aromatic heterocycles. The molecule has 0 aromatic rings. The van der Waals surface area contributed by atoms with Crippen molar-refractivity contribution >= 4 is 11.9 Å². The molecule has 0 radical (unpaired) electrons. The minimum Gasteiger partial charge on any atom is -0.466 e. The smallest absolute Gasteiger partial charge is 0.306 e. The van der Waals surface area contributed by atoms with Gasteiger partial charge in [-0.2, -0.15) is 0 Å². The summed E-state index contributed by atoms with van der Waals surface area (Å²) in [6, 6.07) is 0. The molecule has 0 saturated heterocycles. The Balaban J connectivity index is 3.54.